The van der Waals surface area contributed by atoms with E-state index in [1.165, 1.54) is 36.4 Å². The first-order chi connectivity index (χ1) is 14.7. The summed E-state index contributed by atoms with van der Waals surface area (Å²) in [7, 11) is 1.39. The summed E-state index contributed by atoms with van der Waals surface area (Å²) in [5.41, 5.74) is -1.32. The Morgan fingerprint density at radius 2 is 2.00 bits per heavy atom. The molecule has 4 rings (SSSR count). The summed E-state index contributed by atoms with van der Waals surface area (Å²) in [6.45, 7) is 0.197. The maximum Gasteiger partial charge on any atom is 0.416 e. The average Bonchev–Trinajstić information content (AvgIpc) is 3.24. The van der Waals surface area contributed by atoms with Gasteiger partial charge in [0.1, 0.15) is 17.4 Å². The maximum atomic E-state index is 13.3. The van der Waals surface area contributed by atoms with E-state index in [1.807, 2.05) is 0 Å². The summed E-state index contributed by atoms with van der Waals surface area (Å²) >= 11 is 0. The number of hydrogen-bond donors (Lipinski definition) is 1. The zero-order valence-corrected chi connectivity index (χ0v) is 16.7. The van der Waals surface area contributed by atoms with Gasteiger partial charge in [-0.15, -0.1) is 0 Å². The number of alkyl halides is 3. The minimum atomic E-state index is -4.45. The summed E-state index contributed by atoms with van der Waals surface area (Å²) in [6, 6.07) is 5.35. The molecule has 0 spiro atoms. The van der Waals surface area contributed by atoms with Crippen molar-refractivity contribution in [1.29, 1.82) is 0 Å². The number of carbonyl (C=O) groups is 1. The van der Waals surface area contributed by atoms with E-state index in [0.29, 0.717) is 23.9 Å². The first-order valence-corrected chi connectivity index (χ1v) is 9.86. The fraction of sp³-hybridized carbons (Fsp3) is 0.381. The number of fused-ring (bicyclic) bond motifs is 1. The normalized spacial score (nSPS) is 15.9. The highest BCUT2D eigenvalue weighted by molar-refractivity contribution is 5.94. The van der Waals surface area contributed by atoms with Crippen LogP contribution in [0.1, 0.15) is 47.3 Å². The van der Waals surface area contributed by atoms with Gasteiger partial charge in [0.25, 0.3) is 5.91 Å². The van der Waals surface area contributed by atoms with Crippen LogP contribution in [0.25, 0.3) is 11.0 Å². The lowest BCUT2D eigenvalue weighted by atomic mass is 9.78. The van der Waals surface area contributed by atoms with Crippen LogP contribution < -0.4 is 10.7 Å². The van der Waals surface area contributed by atoms with Gasteiger partial charge < -0.3 is 5.32 Å². The third-order valence-electron chi connectivity index (χ3n) is 5.88. The van der Waals surface area contributed by atoms with Crippen LogP contribution in [-0.4, -0.2) is 32.7 Å². The zero-order valence-electron chi connectivity index (χ0n) is 16.7. The molecule has 0 aliphatic heterocycles. The standard InChI is InChI=1S/C21H20F3N5O2/c1-25-19(31)17-18(30)16-15(10-26-12-27-16)29(28-17)11-20(7-2-3-8-20)13-5-4-6-14(9-13)21(22,23)24/h4-6,9-10,12H,2-3,7-8,11H2,1H3,(H,25,31). The molecule has 1 N–H and O–H groups in total. The lowest BCUT2D eigenvalue weighted by Crippen LogP contribution is -2.34. The van der Waals surface area contributed by atoms with Crippen molar-refractivity contribution >= 4 is 16.9 Å². The molecule has 0 radical (unpaired) electrons. The van der Waals surface area contributed by atoms with Crippen LogP contribution in [0.3, 0.4) is 0 Å². The molecule has 7 nitrogen and oxygen atoms in total. The molecule has 1 fully saturated rings. The summed E-state index contributed by atoms with van der Waals surface area (Å²) in [5.74, 6) is -0.654. The molecule has 31 heavy (non-hydrogen) atoms. The van der Waals surface area contributed by atoms with Crippen LogP contribution >= 0.6 is 0 Å². The molecule has 0 atom stereocenters. The molecular formula is C21H20F3N5O2. The monoisotopic (exact) mass is 431 g/mol. The molecule has 0 bridgehead atoms. The summed E-state index contributed by atoms with van der Waals surface area (Å²) < 4.78 is 41.5. The highest BCUT2D eigenvalue weighted by atomic mass is 19.4. The van der Waals surface area contributed by atoms with E-state index >= 15 is 0 Å². The van der Waals surface area contributed by atoms with E-state index < -0.39 is 28.5 Å². The van der Waals surface area contributed by atoms with Crippen molar-refractivity contribution in [2.75, 3.05) is 7.05 Å². The van der Waals surface area contributed by atoms with Crippen molar-refractivity contribution in [1.82, 2.24) is 25.1 Å². The molecular weight excluding hydrogens is 411 g/mol. The Bertz CT molecular complexity index is 1200. The first-order valence-electron chi connectivity index (χ1n) is 9.86. The summed E-state index contributed by atoms with van der Waals surface area (Å²) in [4.78, 5) is 32.9. The minimum Gasteiger partial charge on any atom is -0.354 e. The number of nitrogens with one attached hydrogen (secondary N) is 1. The molecule has 10 heteroatoms. The minimum absolute atomic E-state index is 0.0424. The number of amides is 1. The molecule has 0 unspecified atom stereocenters. The second kappa shape index (κ2) is 7.75. The quantitative estimate of drug-likeness (QED) is 0.686. The zero-order chi connectivity index (χ0) is 22.2. The van der Waals surface area contributed by atoms with E-state index in [0.717, 1.165) is 18.9 Å². The number of aromatic nitrogens is 4. The molecule has 2 heterocycles. The van der Waals surface area contributed by atoms with Crippen LogP contribution in [-0.2, 0) is 18.1 Å². The molecule has 1 amide bonds. The molecule has 162 valence electrons. The third-order valence-corrected chi connectivity index (χ3v) is 5.88. The average molecular weight is 431 g/mol. The number of benzene rings is 1. The fourth-order valence-corrected chi connectivity index (χ4v) is 4.31. The van der Waals surface area contributed by atoms with E-state index in [2.05, 4.69) is 20.4 Å². The van der Waals surface area contributed by atoms with Gasteiger partial charge in [-0.3, -0.25) is 14.3 Å². The van der Waals surface area contributed by atoms with Gasteiger partial charge >= 0.3 is 6.18 Å². The van der Waals surface area contributed by atoms with Gasteiger partial charge in [0.2, 0.25) is 5.43 Å². The van der Waals surface area contributed by atoms with Crippen molar-refractivity contribution in [2.24, 2.45) is 0 Å². The number of rotatable bonds is 4. The van der Waals surface area contributed by atoms with E-state index in [-0.39, 0.29) is 17.8 Å². The van der Waals surface area contributed by atoms with Crippen molar-refractivity contribution in [2.45, 2.75) is 43.8 Å². The van der Waals surface area contributed by atoms with Gasteiger partial charge in [-0.1, -0.05) is 31.0 Å². The number of nitrogens with zero attached hydrogens (tertiary/aromatic N) is 4. The second-order valence-corrected chi connectivity index (χ2v) is 7.74. The van der Waals surface area contributed by atoms with Gasteiger partial charge in [0.15, 0.2) is 5.69 Å². The van der Waals surface area contributed by atoms with Crippen LogP contribution in [0, 0.1) is 0 Å². The third kappa shape index (κ3) is 3.77. The second-order valence-electron chi connectivity index (χ2n) is 7.74. The van der Waals surface area contributed by atoms with Crippen LogP contribution in [0.4, 0.5) is 13.2 Å². The topological polar surface area (TPSA) is 89.8 Å². The molecule has 1 aliphatic rings. The SMILES string of the molecule is CNC(=O)c1nn(CC2(c3cccc(C(F)(F)F)c3)CCCC2)c2cncnc2c1=O. The van der Waals surface area contributed by atoms with Gasteiger partial charge in [-0.25, -0.2) is 9.97 Å². The van der Waals surface area contributed by atoms with Crippen molar-refractivity contribution in [3.05, 3.63) is 63.8 Å². The molecule has 3 aromatic rings. The number of carbonyl (C=O) groups excluding carboxylic acids is 1. The van der Waals surface area contributed by atoms with Crippen LogP contribution in [0.15, 0.2) is 41.6 Å². The maximum absolute atomic E-state index is 13.3. The number of halogens is 3. The molecule has 1 aliphatic carbocycles. The smallest absolute Gasteiger partial charge is 0.354 e. The van der Waals surface area contributed by atoms with E-state index in [4.69, 9.17) is 0 Å². The predicted molar refractivity (Wildman–Crippen MR) is 107 cm³/mol. The Morgan fingerprint density at radius 3 is 2.68 bits per heavy atom. The van der Waals surface area contributed by atoms with Gasteiger partial charge in [0.05, 0.1) is 18.3 Å². The summed E-state index contributed by atoms with van der Waals surface area (Å²) in [5, 5.41) is 6.66. The highest BCUT2D eigenvalue weighted by Crippen LogP contribution is 2.44. The number of hydrogen-bond acceptors (Lipinski definition) is 5. The lowest BCUT2D eigenvalue weighted by molar-refractivity contribution is -0.137. The Hall–Kier alpha value is -3.30. The largest absolute Gasteiger partial charge is 0.416 e. The predicted octanol–water partition coefficient (Wildman–Crippen LogP) is 3.08. The Balaban J connectivity index is 1.88. The van der Waals surface area contributed by atoms with Gasteiger partial charge in [0, 0.05) is 12.5 Å². The van der Waals surface area contributed by atoms with Crippen LogP contribution in [0.5, 0.6) is 0 Å². The van der Waals surface area contributed by atoms with Gasteiger partial charge in [-0.2, -0.15) is 18.3 Å². The molecule has 1 saturated carbocycles. The first kappa shape index (κ1) is 21.0. The molecule has 2 aromatic heterocycles. The Labute approximate surface area is 175 Å². The van der Waals surface area contributed by atoms with E-state index in [1.54, 1.807) is 6.07 Å². The van der Waals surface area contributed by atoms with Gasteiger partial charge in [-0.05, 0) is 24.5 Å². The van der Waals surface area contributed by atoms with E-state index in [9.17, 15) is 22.8 Å². The molecule has 1 aromatic carbocycles. The van der Waals surface area contributed by atoms with Crippen molar-refractivity contribution in [3.8, 4) is 0 Å². The Morgan fingerprint density at radius 1 is 1.26 bits per heavy atom. The van der Waals surface area contributed by atoms with Crippen molar-refractivity contribution < 1.29 is 18.0 Å². The molecule has 0 saturated heterocycles. The van der Waals surface area contributed by atoms with Crippen LogP contribution in [0.2, 0.25) is 0 Å². The lowest BCUT2D eigenvalue weighted by Gasteiger charge is -2.31. The summed E-state index contributed by atoms with van der Waals surface area (Å²) in [6.07, 6.45) is 1.22. The van der Waals surface area contributed by atoms with Crippen molar-refractivity contribution in [3.63, 3.8) is 0 Å². The fourth-order valence-electron chi connectivity index (χ4n) is 4.31. The Kier molecular flexibility index (Phi) is 5.24. The highest BCUT2D eigenvalue weighted by Gasteiger charge is 2.39.